The van der Waals surface area contributed by atoms with Crippen molar-refractivity contribution in [1.29, 1.82) is 5.26 Å². The molecule has 164 valence electrons. The van der Waals surface area contributed by atoms with Crippen molar-refractivity contribution in [2.45, 2.75) is 12.8 Å². The SMILES string of the molecule is N#Cc1c(CCCNC(=O)/C=C/c2cnn(-c3ccccc3)c2)nn(-c2ccccc2)c1N. The summed E-state index contributed by atoms with van der Waals surface area (Å²) in [6, 6.07) is 21.3. The molecule has 4 rings (SSSR count). The summed E-state index contributed by atoms with van der Waals surface area (Å²) < 4.78 is 3.33. The predicted octanol–water partition coefficient (Wildman–Crippen LogP) is 3.27. The van der Waals surface area contributed by atoms with Crippen LogP contribution in [-0.2, 0) is 11.2 Å². The number of nitrogens with one attached hydrogen (secondary N) is 1. The van der Waals surface area contributed by atoms with Gasteiger partial charge in [-0.15, -0.1) is 0 Å². The van der Waals surface area contributed by atoms with Gasteiger partial charge in [0.15, 0.2) is 0 Å². The molecular formula is C25H23N7O. The van der Waals surface area contributed by atoms with Crippen LogP contribution in [-0.4, -0.2) is 32.0 Å². The number of nitrogens with two attached hydrogens (primary N) is 1. The highest BCUT2D eigenvalue weighted by Crippen LogP contribution is 2.21. The molecule has 4 aromatic rings. The molecule has 8 heteroatoms. The zero-order chi connectivity index (χ0) is 23.0. The number of anilines is 1. The molecule has 3 N–H and O–H groups in total. The van der Waals surface area contributed by atoms with E-state index in [0.717, 1.165) is 16.9 Å². The fraction of sp³-hybridized carbons (Fsp3) is 0.120. The molecule has 0 aliphatic rings. The Kier molecular flexibility index (Phi) is 6.61. The van der Waals surface area contributed by atoms with Crippen LogP contribution in [0.1, 0.15) is 23.2 Å². The fourth-order valence-electron chi connectivity index (χ4n) is 3.38. The van der Waals surface area contributed by atoms with Gasteiger partial charge in [-0.25, -0.2) is 9.36 Å². The molecule has 0 saturated carbocycles. The number of nitriles is 1. The highest BCUT2D eigenvalue weighted by atomic mass is 16.1. The average molecular weight is 438 g/mol. The van der Waals surface area contributed by atoms with E-state index in [1.54, 1.807) is 21.6 Å². The lowest BCUT2D eigenvalue weighted by molar-refractivity contribution is -0.116. The lowest BCUT2D eigenvalue weighted by Gasteiger charge is -2.02. The number of para-hydroxylation sites is 2. The van der Waals surface area contributed by atoms with Gasteiger partial charge in [0.25, 0.3) is 0 Å². The quantitative estimate of drug-likeness (QED) is 0.324. The Hall–Kier alpha value is -4.64. The molecule has 0 bridgehead atoms. The Morgan fingerprint density at radius 2 is 1.79 bits per heavy atom. The minimum absolute atomic E-state index is 0.197. The van der Waals surface area contributed by atoms with Crippen molar-refractivity contribution < 1.29 is 4.79 Å². The first-order chi connectivity index (χ1) is 16.2. The molecule has 0 unspecified atom stereocenters. The predicted molar refractivity (Wildman–Crippen MR) is 127 cm³/mol. The zero-order valence-corrected chi connectivity index (χ0v) is 17.9. The van der Waals surface area contributed by atoms with Crippen LogP contribution >= 0.6 is 0 Å². The molecule has 2 heterocycles. The van der Waals surface area contributed by atoms with Crippen molar-refractivity contribution in [3.8, 4) is 17.4 Å². The monoisotopic (exact) mass is 437 g/mol. The van der Waals surface area contributed by atoms with Gasteiger partial charge in [-0.3, -0.25) is 4.79 Å². The van der Waals surface area contributed by atoms with Crippen LogP contribution in [0.2, 0.25) is 0 Å². The Balaban J connectivity index is 1.29. The van der Waals surface area contributed by atoms with Gasteiger partial charge in [-0.1, -0.05) is 36.4 Å². The number of benzene rings is 2. The summed E-state index contributed by atoms with van der Waals surface area (Å²) in [5.74, 6) is 0.124. The number of aromatic nitrogens is 4. The number of carbonyl (C=O) groups is 1. The van der Waals surface area contributed by atoms with E-state index in [0.29, 0.717) is 36.5 Å². The molecule has 0 spiro atoms. The summed E-state index contributed by atoms with van der Waals surface area (Å²) in [6.45, 7) is 0.454. The van der Waals surface area contributed by atoms with E-state index < -0.39 is 0 Å². The molecule has 0 aliphatic heterocycles. The largest absolute Gasteiger partial charge is 0.382 e. The van der Waals surface area contributed by atoms with E-state index in [1.165, 1.54) is 6.08 Å². The minimum Gasteiger partial charge on any atom is -0.382 e. The maximum atomic E-state index is 12.2. The second-order valence-corrected chi connectivity index (χ2v) is 7.35. The molecular weight excluding hydrogens is 414 g/mol. The number of nitrogens with zero attached hydrogens (tertiary/aromatic N) is 5. The minimum atomic E-state index is -0.197. The van der Waals surface area contributed by atoms with E-state index in [-0.39, 0.29) is 5.91 Å². The van der Waals surface area contributed by atoms with Crippen molar-refractivity contribution in [2.75, 3.05) is 12.3 Å². The Morgan fingerprint density at radius 1 is 1.09 bits per heavy atom. The zero-order valence-electron chi connectivity index (χ0n) is 17.9. The molecule has 2 aromatic carbocycles. The van der Waals surface area contributed by atoms with Crippen LogP contribution in [0, 0.1) is 11.3 Å². The Labute approximate surface area is 191 Å². The number of amides is 1. The molecule has 0 saturated heterocycles. The highest BCUT2D eigenvalue weighted by molar-refractivity contribution is 5.91. The van der Waals surface area contributed by atoms with Crippen LogP contribution in [0.5, 0.6) is 0 Å². The number of hydrogen-bond donors (Lipinski definition) is 2. The van der Waals surface area contributed by atoms with Crippen LogP contribution in [0.25, 0.3) is 17.5 Å². The summed E-state index contributed by atoms with van der Waals surface area (Å²) in [7, 11) is 0. The maximum Gasteiger partial charge on any atom is 0.244 e. The third-order valence-corrected chi connectivity index (χ3v) is 5.05. The maximum absolute atomic E-state index is 12.2. The standard InChI is InChI=1S/C25H23N7O/c26-16-22-23(30-32(25(22)27)21-10-5-2-6-11-21)12-7-15-28-24(33)14-13-19-17-29-31(18-19)20-8-3-1-4-9-20/h1-6,8-11,13-14,17-18H,7,12,15,27H2,(H,28,33)/b14-13+. The van der Waals surface area contributed by atoms with Gasteiger partial charge in [-0.2, -0.15) is 15.5 Å². The van der Waals surface area contributed by atoms with E-state index in [9.17, 15) is 10.1 Å². The van der Waals surface area contributed by atoms with E-state index in [2.05, 4.69) is 21.6 Å². The molecule has 0 fully saturated rings. The van der Waals surface area contributed by atoms with Crippen LogP contribution in [0.4, 0.5) is 5.82 Å². The summed E-state index contributed by atoms with van der Waals surface area (Å²) in [5.41, 5.74) is 9.70. The molecule has 2 aromatic heterocycles. The van der Waals surface area contributed by atoms with Crippen molar-refractivity contribution in [3.63, 3.8) is 0 Å². The lowest BCUT2D eigenvalue weighted by Crippen LogP contribution is -2.22. The van der Waals surface area contributed by atoms with Crippen molar-refractivity contribution >= 4 is 17.8 Å². The van der Waals surface area contributed by atoms with Gasteiger partial charge in [0.2, 0.25) is 5.91 Å². The van der Waals surface area contributed by atoms with E-state index in [1.807, 2.05) is 66.9 Å². The average Bonchev–Trinajstić information content (AvgIpc) is 3.46. The first kappa shape index (κ1) is 21.6. The first-order valence-electron chi connectivity index (χ1n) is 10.5. The first-order valence-corrected chi connectivity index (χ1v) is 10.5. The fourth-order valence-corrected chi connectivity index (χ4v) is 3.38. The van der Waals surface area contributed by atoms with Crippen molar-refractivity contribution in [1.82, 2.24) is 24.9 Å². The second kappa shape index (κ2) is 10.1. The summed E-state index contributed by atoms with van der Waals surface area (Å²) in [6.07, 6.45) is 7.92. The van der Waals surface area contributed by atoms with Gasteiger partial charge < -0.3 is 11.1 Å². The molecule has 0 radical (unpaired) electrons. The van der Waals surface area contributed by atoms with E-state index in [4.69, 9.17) is 5.73 Å². The third kappa shape index (κ3) is 5.17. The topological polar surface area (TPSA) is 115 Å². The molecule has 0 atom stereocenters. The highest BCUT2D eigenvalue weighted by Gasteiger charge is 2.16. The number of nitrogen functional groups attached to an aromatic ring is 1. The molecule has 33 heavy (non-hydrogen) atoms. The third-order valence-electron chi connectivity index (χ3n) is 5.05. The van der Waals surface area contributed by atoms with Gasteiger partial charge in [0.05, 0.1) is 23.3 Å². The summed E-state index contributed by atoms with van der Waals surface area (Å²) in [5, 5.41) is 21.2. The molecule has 1 amide bonds. The molecule has 0 aliphatic carbocycles. The van der Waals surface area contributed by atoms with Gasteiger partial charge in [0, 0.05) is 24.4 Å². The smallest absolute Gasteiger partial charge is 0.244 e. The van der Waals surface area contributed by atoms with Crippen molar-refractivity contribution in [2.24, 2.45) is 0 Å². The Bertz CT molecular complexity index is 1300. The van der Waals surface area contributed by atoms with Gasteiger partial charge in [-0.05, 0) is 43.2 Å². The van der Waals surface area contributed by atoms with E-state index >= 15 is 0 Å². The number of rotatable bonds is 8. The van der Waals surface area contributed by atoms with Gasteiger partial charge >= 0.3 is 0 Å². The van der Waals surface area contributed by atoms with Gasteiger partial charge in [0.1, 0.15) is 17.5 Å². The second-order valence-electron chi connectivity index (χ2n) is 7.35. The summed E-state index contributed by atoms with van der Waals surface area (Å²) in [4.78, 5) is 12.2. The number of carbonyl (C=O) groups excluding carboxylic acids is 1. The van der Waals surface area contributed by atoms with Crippen LogP contribution < -0.4 is 11.1 Å². The summed E-state index contributed by atoms with van der Waals surface area (Å²) >= 11 is 0. The number of hydrogen-bond acceptors (Lipinski definition) is 5. The molecule has 8 nitrogen and oxygen atoms in total. The normalized spacial score (nSPS) is 10.9. The Morgan fingerprint density at radius 3 is 2.48 bits per heavy atom. The number of aryl methyl sites for hydroxylation is 1. The lowest BCUT2D eigenvalue weighted by atomic mass is 10.1. The van der Waals surface area contributed by atoms with Crippen LogP contribution in [0.15, 0.2) is 79.1 Å². The van der Waals surface area contributed by atoms with Crippen LogP contribution in [0.3, 0.4) is 0 Å². The van der Waals surface area contributed by atoms with Crippen molar-refractivity contribution in [3.05, 3.63) is 96.0 Å².